The summed E-state index contributed by atoms with van der Waals surface area (Å²) in [6.45, 7) is 0. The van der Waals surface area contributed by atoms with Crippen LogP contribution < -0.4 is 19.5 Å². The number of methoxy groups -OCH3 is 2. The van der Waals surface area contributed by atoms with E-state index in [2.05, 4.69) is 22.2 Å². The van der Waals surface area contributed by atoms with E-state index in [9.17, 15) is 12.8 Å². The van der Waals surface area contributed by atoms with E-state index in [4.69, 9.17) is 9.47 Å². The number of anilines is 2. The first-order valence-corrected chi connectivity index (χ1v) is 12.5. The molecule has 2 aliphatic rings. The zero-order valence-corrected chi connectivity index (χ0v) is 19.6. The van der Waals surface area contributed by atoms with Gasteiger partial charge in [-0.15, -0.1) is 0 Å². The van der Waals surface area contributed by atoms with Crippen LogP contribution in [0.15, 0.2) is 77.7 Å². The molecule has 0 aromatic heterocycles. The third-order valence-corrected chi connectivity index (χ3v) is 7.90. The molecule has 0 saturated carbocycles. The highest BCUT2D eigenvalue weighted by Gasteiger charge is 2.39. The van der Waals surface area contributed by atoms with Crippen LogP contribution in [0.2, 0.25) is 0 Å². The van der Waals surface area contributed by atoms with Crippen LogP contribution in [0.4, 0.5) is 15.8 Å². The summed E-state index contributed by atoms with van der Waals surface area (Å²) in [4.78, 5) is 0.159. The average Bonchev–Trinajstić information content (AvgIpc) is 3.34. The lowest BCUT2D eigenvalue weighted by atomic mass is 9.77. The van der Waals surface area contributed by atoms with Crippen molar-refractivity contribution < 1.29 is 22.3 Å². The molecular formula is C26H25FN2O4S. The smallest absolute Gasteiger partial charge is 0.261 e. The Kier molecular flexibility index (Phi) is 5.69. The van der Waals surface area contributed by atoms with Crippen LogP contribution >= 0.6 is 0 Å². The largest absolute Gasteiger partial charge is 0.493 e. The second-order valence-electron chi connectivity index (χ2n) is 8.42. The molecule has 34 heavy (non-hydrogen) atoms. The van der Waals surface area contributed by atoms with Crippen molar-refractivity contribution in [3.8, 4) is 11.5 Å². The van der Waals surface area contributed by atoms with E-state index >= 15 is 0 Å². The van der Waals surface area contributed by atoms with Crippen molar-refractivity contribution in [3.05, 3.63) is 89.8 Å². The molecule has 3 aromatic carbocycles. The van der Waals surface area contributed by atoms with Gasteiger partial charge in [0.05, 0.1) is 30.8 Å². The van der Waals surface area contributed by atoms with E-state index in [0.29, 0.717) is 22.7 Å². The minimum absolute atomic E-state index is 0.00270. The molecule has 1 aliphatic heterocycles. The molecule has 3 aromatic rings. The Labute approximate surface area is 198 Å². The summed E-state index contributed by atoms with van der Waals surface area (Å²) in [6.07, 6.45) is 4.97. The summed E-state index contributed by atoms with van der Waals surface area (Å²) in [7, 11) is -0.840. The summed E-state index contributed by atoms with van der Waals surface area (Å²) in [5.74, 6) is 0.787. The Morgan fingerprint density at radius 3 is 2.53 bits per heavy atom. The number of halogens is 1. The monoisotopic (exact) mass is 480 g/mol. The highest BCUT2D eigenvalue weighted by molar-refractivity contribution is 7.92. The molecule has 0 amide bonds. The lowest BCUT2D eigenvalue weighted by molar-refractivity contribution is 0.355. The lowest BCUT2D eigenvalue weighted by Crippen LogP contribution is -2.30. The molecule has 8 heteroatoms. The number of hydrogen-bond donors (Lipinski definition) is 2. The highest BCUT2D eigenvalue weighted by Crippen LogP contribution is 2.50. The van der Waals surface area contributed by atoms with Crippen molar-refractivity contribution in [2.24, 2.45) is 5.92 Å². The number of rotatable bonds is 6. The van der Waals surface area contributed by atoms with Gasteiger partial charge in [-0.3, -0.25) is 4.72 Å². The number of allylic oxidation sites excluding steroid dienone is 2. The number of benzene rings is 3. The zero-order valence-electron chi connectivity index (χ0n) is 18.8. The number of ether oxygens (including phenoxy) is 2. The normalized spacial score (nSPS) is 20.7. The standard InChI is InChI=1S/C26H25FN2O4S/c1-32-24-13-10-16(14-25(24)33-2)29-34(30,31)17-11-12-23-21(15-17)18-7-5-8-19(18)26(28-23)20-6-3-4-9-22(20)27/h3-7,9-15,18-19,26,28-29H,8H2,1-2H3/t18-,19+,26-/m0/s1. The van der Waals surface area contributed by atoms with Gasteiger partial charge in [-0.1, -0.05) is 30.4 Å². The predicted octanol–water partition coefficient (Wildman–Crippen LogP) is 5.47. The molecule has 5 rings (SSSR count). The number of sulfonamides is 1. The lowest BCUT2D eigenvalue weighted by Gasteiger charge is -2.37. The maximum absolute atomic E-state index is 14.6. The Balaban J connectivity index is 1.47. The molecule has 0 fully saturated rings. The summed E-state index contributed by atoms with van der Waals surface area (Å²) in [6, 6.07) is 16.5. The molecule has 0 unspecified atom stereocenters. The predicted molar refractivity (Wildman–Crippen MR) is 130 cm³/mol. The van der Waals surface area contributed by atoms with Gasteiger partial charge in [-0.05, 0) is 54.3 Å². The van der Waals surface area contributed by atoms with E-state index in [1.165, 1.54) is 20.3 Å². The molecule has 0 radical (unpaired) electrons. The minimum Gasteiger partial charge on any atom is -0.493 e. The van der Waals surface area contributed by atoms with E-state index in [-0.39, 0.29) is 28.6 Å². The van der Waals surface area contributed by atoms with Crippen molar-refractivity contribution >= 4 is 21.4 Å². The number of fused-ring (bicyclic) bond motifs is 3. The van der Waals surface area contributed by atoms with E-state index in [0.717, 1.165) is 17.7 Å². The highest BCUT2D eigenvalue weighted by atomic mass is 32.2. The van der Waals surface area contributed by atoms with E-state index in [1.807, 2.05) is 6.07 Å². The topological polar surface area (TPSA) is 76.7 Å². The van der Waals surface area contributed by atoms with Crippen LogP contribution in [0.25, 0.3) is 0 Å². The maximum atomic E-state index is 14.6. The molecule has 0 spiro atoms. The molecule has 0 bridgehead atoms. The summed E-state index contributed by atoms with van der Waals surface area (Å²) < 4.78 is 54.1. The van der Waals surface area contributed by atoms with Crippen LogP contribution in [0.5, 0.6) is 11.5 Å². The summed E-state index contributed by atoms with van der Waals surface area (Å²) in [5, 5.41) is 3.46. The van der Waals surface area contributed by atoms with Gasteiger partial charge in [0, 0.05) is 23.2 Å². The summed E-state index contributed by atoms with van der Waals surface area (Å²) in [5.41, 5.74) is 2.69. The quantitative estimate of drug-likeness (QED) is 0.458. The van der Waals surface area contributed by atoms with Crippen molar-refractivity contribution in [3.63, 3.8) is 0 Å². The maximum Gasteiger partial charge on any atom is 0.261 e. The first kappa shape index (κ1) is 22.3. The van der Waals surface area contributed by atoms with Gasteiger partial charge in [0.25, 0.3) is 10.0 Å². The third-order valence-electron chi connectivity index (χ3n) is 6.52. The molecule has 2 N–H and O–H groups in total. The van der Waals surface area contributed by atoms with Crippen LogP contribution in [-0.2, 0) is 10.0 Å². The average molecular weight is 481 g/mol. The Morgan fingerprint density at radius 2 is 1.76 bits per heavy atom. The van der Waals surface area contributed by atoms with Crippen molar-refractivity contribution in [2.75, 3.05) is 24.3 Å². The van der Waals surface area contributed by atoms with Crippen LogP contribution in [0.1, 0.15) is 29.5 Å². The van der Waals surface area contributed by atoms with Crippen molar-refractivity contribution in [1.29, 1.82) is 0 Å². The van der Waals surface area contributed by atoms with Crippen LogP contribution in [0.3, 0.4) is 0 Å². The minimum atomic E-state index is -3.85. The first-order valence-electron chi connectivity index (χ1n) is 11.0. The summed E-state index contributed by atoms with van der Waals surface area (Å²) >= 11 is 0. The first-order chi connectivity index (χ1) is 16.4. The van der Waals surface area contributed by atoms with Crippen LogP contribution in [-0.4, -0.2) is 22.6 Å². The molecule has 3 atom stereocenters. The zero-order chi connectivity index (χ0) is 23.9. The molecule has 6 nitrogen and oxygen atoms in total. The second kappa shape index (κ2) is 8.68. The molecule has 1 aliphatic carbocycles. The van der Waals surface area contributed by atoms with Gasteiger partial charge >= 0.3 is 0 Å². The molecule has 1 heterocycles. The second-order valence-corrected chi connectivity index (χ2v) is 10.1. The SMILES string of the molecule is COc1ccc(NS(=O)(=O)c2ccc3c(c2)[C@H]2C=CC[C@H]2[C@@H](c2ccccc2F)N3)cc1OC. The Bertz CT molecular complexity index is 1370. The Hall–Kier alpha value is -3.52. The van der Waals surface area contributed by atoms with E-state index < -0.39 is 10.0 Å². The number of nitrogens with one attached hydrogen (secondary N) is 2. The van der Waals surface area contributed by atoms with Gasteiger partial charge in [0.2, 0.25) is 0 Å². The Morgan fingerprint density at radius 1 is 0.971 bits per heavy atom. The molecule has 176 valence electrons. The van der Waals surface area contributed by atoms with Crippen LogP contribution in [0, 0.1) is 11.7 Å². The van der Waals surface area contributed by atoms with Gasteiger partial charge in [0.1, 0.15) is 5.82 Å². The fraction of sp³-hybridized carbons (Fsp3) is 0.231. The fourth-order valence-corrected chi connectivity index (χ4v) is 5.97. The van der Waals surface area contributed by atoms with E-state index in [1.54, 1.807) is 48.5 Å². The molecular weight excluding hydrogens is 455 g/mol. The molecule has 0 saturated heterocycles. The van der Waals surface area contributed by atoms with Crippen molar-refractivity contribution in [2.45, 2.75) is 23.3 Å². The van der Waals surface area contributed by atoms with Gasteiger partial charge in [-0.2, -0.15) is 0 Å². The van der Waals surface area contributed by atoms with Crippen molar-refractivity contribution in [1.82, 2.24) is 0 Å². The van der Waals surface area contributed by atoms with Gasteiger partial charge in [0.15, 0.2) is 11.5 Å². The fourth-order valence-electron chi connectivity index (χ4n) is 4.89. The number of hydrogen-bond acceptors (Lipinski definition) is 5. The van der Waals surface area contributed by atoms with Gasteiger partial charge < -0.3 is 14.8 Å². The third kappa shape index (κ3) is 3.88. The van der Waals surface area contributed by atoms with Gasteiger partial charge in [-0.25, -0.2) is 12.8 Å².